The summed E-state index contributed by atoms with van der Waals surface area (Å²) in [6.07, 6.45) is 0. The highest BCUT2D eigenvalue weighted by Gasteiger charge is 2.18. The Morgan fingerprint density at radius 2 is 0.793 bits per heavy atom. The standard InChI is InChI=1S/C53H31N3O2/c1-2-10-32(11-3-1)35-23-20-33-21-24-38(30-40(33)28-35)52-54-51(37-13-8-12-36(29-37)41-16-9-19-47-49(41)42-14-4-6-17-45(42)57-47)55-53(56-52)39-25-22-34-26-27-48-50(44(34)31-39)43-15-5-7-18-46(43)58-48/h1-31H. The summed E-state index contributed by atoms with van der Waals surface area (Å²) in [6, 6.07) is 65.2. The summed E-state index contributed by atoms with van der Waals surface area (Å²) < 4.78 is 12.5. The third kappa shape index (κ3) is 5.29. The SMILES string of the molecule is c1ccc(-c2ccc3ccc(-c4nc(-c5cccc(-c6cccc7oc8ccccc8c67)c5)nc(-c5ccc6ccc7oc8ccccc8c7c6c5)n4)cc3c2)cc1. The summed E-state index contributed by atoms with van der Waals surface area (Å²) >= 11 is 0. The molecular weight excluding hydrogens is 711 g/mol. The van der Waals surface area contributed by atoms with Crippen LogP contribution in [-0.2, 0) is 0 Å². The van der Waals surface area contributed by atoms with Crippen LogP contribution in [0.1, 0.15) is 0 Å². The van der Waals surface area contributed by atoms with Crippen LogP contribution in [0, 0.1) is 0 Å². The first kappa shape index (κ1) is 32.4. The Hall–Kier alpha value is -7.89. The summed E-state index contributed by atoms with van der Waals surface area (Å²) in [6.45, 7) is 0. The molecular formula is C53H31N3O2. The Bertz CT molecular complexity index is 3580. The van der Waals surface area contributed by atoms with Gasteiger partial charge >= 0.3 is 0 Å². The predicted octanol–water partition coefficient (Wildman–Crippen LogP) is 14.3. The van der Waals surface area contributed by atoms with Crippen LogP contribution < -0.4 is 0 Å². The van der Waals surface area contributed by atoms with E-state index in [0.717, 1.165) is 98.8 Å². The Morgan fingerprint density at radius 3 is 1.55 bits per heavy atom. The topological polar surface area (TPSA) is 65.0 Å². The van der Waals surface area contributed by atoms with Crippen LogP contribution in [0.3, 0.4) is 0 Å². The van der Waals surface area contributed by atoms with E-state index in [0.29, 0.717) is 17.5 Å². The molecule has 0 atom stereocenters. The molecule has 0 radical (unpaired) electrons. The van der Waals surface area contributed by atoms with E-state index in [-0.39, 0.29) is 0 Å². The average molecular weight is 742 g/mol. The summed E-state index contributed by atoms with van der Waals surface area (Å²) in [7, 11) is 0. The maximum absolute atomic E-state index is 6.28. The molecule has 0 spiro atoms. The number of hydrogen-bond donors (Lipinski definition) is 0. The first-order chi connectivity index (χ1) is 28.7. The Labute approximate surface area is 332 Å². The number of furan rings is 2. The molecule has 0 N–H and O–H groups in total. The van der Waals surface area contributed by atoms with Crippen molar-refractivity contribution < 1.29 is 8.83 Å². The van der Waals surface area contributed by atoms with E-state index < -0.39 is 0 Å². The van der Waals surface area contributed by atoms with E-state index in [4.69, 9.17) is 23.8 Å². The van der Waals surface area contributed by atoms with Crippen molar-refractivity contribution in [3.63, 3.8) is 0 Å². The number of fused-ring (bicyclic) bond motifs is 9. The maximum atomic E-state index is 6.28. The minimum absolute atomic E-state index is 0.594. The van der Waals surface area contributed by atoms with Crippen LogP contribution in [0.2, 0.25) is 0 Å². The van der Waals surface area contributed by atoms with Crippen LogP contribution >= 0.6 is 0 Å². The van der Waals surface area contributed by atoms with E-state index in [1.54, 1.807) is 0 Å². The first-order valence-electron chi connectivity index (χ1n) is 19.4. The summed E-state index contributed by atoms with van der Waals surface area (Å²) in [5.74, 6) is 1.79. The second-order valence-electron chi connectivity index (χ2n) is 14.8. The number of aromatic nitrogens is 3. The average Bonchev–Trinajstić information content (AvgIpc) is 3.88. The van der Waals surface area contributed by atoms with Gasteiger partial charge in [-0.25, -0.2) is 15.0 Å². The van der Waals surface area contributed by atoms with Crippen molar-refractivity contribution in [2.75, 3.05) is 0 Å². The fraction of sp³-hybridized carbons (Fsp3) is 0. The second kappa shape index (κ2) is 12.8. The van der Waals surface area contributed by atoms with Gasteiger partial charge in [-0.1, -0.05) is 140 Å². The number of hydrogen-bond acceptors (Lipinski definition) is 5. The minimum Gasteiger partial charge on any atom is -0.456 e. The lowest BCUT2D eigenvalue weighted by atomic mass is 9.97. The van der Waals surface area contributed by atoms with Crippen molar-refractivity contribution in [2.45, 2.75) is 0 Å². The van der Waals surface area contributed by atoms with Gasteiger partial charge in [-0.3, -0.25) is 0 Å². The van der Waals surface area contributed by atoms with Crippen LogP contribution in [0.15, 0.2) is 197 Å². The fourth-order valence-corrected chi connectivity index (χ4v) is 8.48. The minimum atomic E-state index is 0.594. The monoisotopic (exact) mass is 741 g/mol. The lowest BCUT2D eigenvalue weighted by Crippen LogP contribution is -2.00. The fourth-order valence-electron chi connectivity index (χ4n) is 8.48. The molecule has 5 heteroatoms. The molecule has 12 rings (SSSR count). The highest BCUT2D eigenvalue weighted by atomic mass is 16.3. The highest BCUT2D eigenvalue weighted by molar-refractivity contribution is 6.19. The second-order valence-corrected chi connectivity index (χ2v) is 14.8. The third-order valence-corrected chi connectivity index (χ3v) is 11.3. The Kier molecular flexibility index (Phi) is 7.16. The normalized spacial score (nSPS) is 11.8. The van der Waals surface area contributed by atoms with Crippen molar-refractivity contribution in [3.05, 3.63) is 188 Å². The van der Waals surface area contributed by atoms with E-state index in [1.807, 2.05) is 36.4 Å². The molecule has 12 aromatic rings. The molecule has 0 amide bonds. The summed E-state index contributed by atoms with van der Waals surface area (Å²) in [5, 5.41) is 8.82. The van der Waals surface area contributed by atoms with Crippen molar-refractivity contribution in [3.8, 4) is 56.4 Å². The molecule has 0 aliphatic heterocycles. The van der Waals surface area contributed by atoms with E-state index >= 15 is 0 Å². The molecule has 5 nitrogen and oxygen atoms in total. The summed E-state index contributed by atoms with van der Waals surface area (Å²) in [4.78, 5) is 15.7. The number of nitrogens with zero attached hydrogens (tertiary/aromatic N) is 3. The molecule has 0 saturated heterocycles. The molecule has 9 aromatic carbocycles. The van der Waals surface area contributed by atoms with Gasteiger partial charge in [0.15, 0.2) is 17.5 Å². The molecule has 0 saturated carbocycles. The van der Waals surface area contributed by atoms with E-state index in [1.165, 1.54) is 5.56 Å². The molecule has 3 heterocycles. The molecule has 0 unspecified atom stereocenters. The molecule has 0 fully saturated rings. The van der Waals surface area contributed by atoms with Crippen molar-refractivity contribution in [1.29, 1.82) is 0 Å². The van der Waals surface area contributed by atoms with Crippen LogP contribution in [-0.4, -0.2) is 15.0 Å². The van der Waals surface area contributed by atoms with E-state index in [2.05, 4.69) is 152 Å². The molecule has 58 heavy (non-hydrogen) atoms. The molecule has 0 aliphatic rings. The van der Waals surface area contributed by atoms with Gasteiger partial charge in [-0.15, -0.1) is 0 Å². The lowest BCUT2D eigenvalue weighted by molar-refractivity contribution is 0.668. The Morgan fingerprint density at radius 1 is 0.276 bits per heavy atom. The van der Waals surface area contributed by atoms with Gasteiger partial charge in [0.1, 0.15) is 22.3 Å². The predicted molar refractivity (Wildman–Crippen MR) is 237 cm³/mol. The molecule has 0 aliphatic carbocycles. The van der Waals surface area contributed by atoms with Gasteiger partial charge in [0.05, 0.1) is 0 Å². The summed E-state index contributed by atoms with van der Waals surface area (Å²) in [5.41, 5.74) is 10.6. The van der Waals surface area contributed by atoms with Crippen molar-refractivity contribution in [1.82, 2.24) is 15.0 Å². The van der Waals surface area contributed by atoms with Crippen LogP contribution in [0.4, 0.5) is 0 Å². The number of para-hydroxylation sites is 2. The first-order valence-corrected chi connectivity index (χ1v) is 19.4. The Balaban J connectivity index is 1.06. The molecule has 3 aromatic heterocycles. The van der Waals surface area contributed by atoms with Gasteiger partial charge in [0.25, 0.3) is 0 Å². The van der Waals surface area contributed by atoms with Crippen LogP contribution in [0.5, 0.6) is 0 Å². The number of rotatable bonds is 5. The van der Waals surface area contributed by atoms with Crippen LogP contribution in [0.25, 0.3) is 122 Å². The van der Waals surface area contributed by atoms with E-state index in [9.17, 15) is 0 Å². The maximum Gasteiger partial charge on any atom is 0.164 e. The van der Waals surface area contributed by atoms with Crippen molar-refractivity contribution in [2.24, 2.45) is 0 Å². The quantitative estimate of drug-likeness (QED) is 0.176. The van der Waals surface area contributed by atoms with Gasteiger partial charge in [0.2, 0.25) is 0 Å². The van der Waals surface area contributed by atoms with Gasteiger partial charge in [-0.2, -0.15) is 0 Å². The smallest absolute Gasteiger partial charge is 0.164 e. The zero-order chi connectivity index (χ0) is 38.2. The largest absolute Gasteiger partial charge is 0.456 e. The van der Waals surface area contributed by atoms with Gasteiger partial charge in [-0.05, 0) is 92.3 Å². The molecule has 270 valence electrons. The molecule has 0 bridgehead atoms. The van der Waals surface area contributed by atoms with Crippen molar-refractivity contribution >= 4 is 65.4 Å². The number of benzene rings is 9. The van der Waals surface area contributed by atoms with Gasteiger partial charge in [0, 0.05) is 38.2 Å². The zero-order valence-corrected chi connectivity index (χ0v) is 31.1. The lowest BCUT2D eigenvalue weighted by Gasteiger charge is -2.11. The zero-order valence-electron chi connectivity index (χ0n) is 31.1. The van der Waals surface area contributed by atoms with Gasteiger partial charge < -0.3 is 8.83 Å². The third-order valence-electron chi connectivity index (χ3n) is 11.3. The highest BCUT2D eigenvalue weighted by Crippen LogP contribution is 2.39.